The summed E-state index contributed by atoms with van der Waals surface area (Å²) in [5, 5.41) is 14.3. The first kappa shape index (κ1) is 14.4. The molecule has 1 aliphatic carbocycles. The number of amidine groups is 1. The van der Waals surface area contributed by atoms with Gasteiger partial charge in [-0.2, -0.15) is 5.10 Å². The van der Waals surface area contributed by atoms with E-state index in [9.17, 15) is 18.9 Å². The molecule has 110 valence electrons. The first-order valence-corrected chi connectivity index (χ1v) is 6.24. The third-order valence-corrected chi connectivity index (χ3v) is 3.09. The summed E-state index contributed by atoms with van der Waals surface area (Å²) in [6.07, 6.45) is 1.07. The Balaban J connectivity index is 2.15. The minimum absolute atomic E-state index is 0.0372. The van der Waals surface area contributed by atoms with E-state index in [1.165, 1.54) is 0 Å². The van der Waals surface area contributed by atoms with E-state index in [4.69, 9.17) is 5.73 Å². The minimum atomic E-state index is -2.60. The van der Waals surface area contributed by atoms with Crippen molar-refractivity contribution in [2.75, 3.05) is 6.54 Å². The third-order valence-electron chi connectivity index (χ3n) is 3.09. The number of nitrogens with two attached hydrogens (primary N) is 1. The summed E-state index contributed by atoms with van der Waals surface area (Å²) in [6.45, 7) is 0.509. The fourth-order valence-electron chi connectivity index (χ4n) is 1.77. The van der Waals surface area contributed by atoms with Crippen molar-refractivity contribution in [3.05, 3.63) is 22.5 Å². The van der Waals surface area contributed by atoms with Gasteiger partial charge in [0.1, 0.15) is 24.3 Å². The molecule has 0 aromatic carbocycles. The summed E-state index contributed by atoms with van der Waals surface area (Å²) in [5.41, 5.74) is 5.48. The van der Waals surface area contributed by atoms with Gasteiger partial charge in [0.2, 0.25) is 6.43 Å². The Labute approximate surface area is 113 Å². The van der Waals surface area contributed by atoms with Gasteiger partial charge in [-0.25, -0.2) is 8.78 Å². The number of alkyl halides is 2. The van der Waals surface area contributed by atoms with Gasteiger partial charge < -0.3 is 5.73 Å². The van der Waals surface area contributed by atoms with Crippen molar-refractivity contribution in [1.29, 1.82) is 0 Å². The maximum atomic E-state index is 12.6. The standard InChI is InChI=1S/C11H15F2N5O2/c12-10(13)3-9(11(14)15-4-7-1-2-7)17-6-8(5-16-17)18(19)20/h5-7,9-10H,1-4H2,(H2,14,15). The van der Waals surface area contributed by atoms with E-state index in [-0.39, 0.29) is 11.5 Å². The highest BCUT2D eigenvalue weighted by molar-refractivity contribution is 5.84. The van der Waals surface area contributed by atoms with Gasteiger partial charge in [0.05, 0.1) is 4.92 Å². The van der Waals surface area contributed by atoms with Crippen molar-refractivity contribution >= 4 is 11.5 Å². The van der Waals surface area contributed by atoms with Crippen LogP contribution in [0.1, 0.15) is 25.3 Å². The van der Waals surface area contributed by atoms with Gasteiger partial charge in [-0.3, -0.25) is 19.8 Å². The lowest BCUT2D eigenvalue weighted by atomic mass is 10.2. The molecule has 20 heavy (non-hydrogen) atoms. The average molecular weight is 287 g/mol. The second-order valence-corrected chi connectivity index (χ2v) is 4.79. The van der Waals surface area contributed by atoms with Crippen LogP contribution < -0.4 is 5.73 Å². The van der Waals surface area contributed by atoms with Crippen molar-refractivity contribution in [2.45, 2.75) is 31.7 Å². The molecule has 0 aliphatic heterocycles. The van der Waals surface area contributed by atoms with Crippen LogP contribution in [0.3, 0.4) is 0 Å². The summed E-state index contributed by atoms with van der Waals surface area (Å²) in [7, 11) is 0. The van der Waals surface area contributed by atoms with Crippen LogP contribution >= 0.6 is 0 Å². The van der Waals surface area contributed by atoms with E-state index in [1.807, 2.05) is 0 Å². The van der Waals surface area contributed by atoms with Gasteiger partial charge >= 0.3 is 5.69 Å². The lowest BCUT2D eigenvalue weighted by Gasteiger charge is -2.16. The highest BCUT2D eigenvalue weighted by atomic mass is 19.3. The quantitative estimate of drug-likeness (QED) is 0.357. The highest BCUT2D eigenvalue weighted by Crippen LogP contribution is 2.29. The van der Waals surface area contributed by atoms with Crippen molar-refractivity contribution in [2.24, 2.45) is 16.6 Å². The molecule has 2 N–H and O–H groups in total. The Morgan fingerprint density at radius 3 is 2.85 bits per heavy atom. The number of nitro groups is 1. The number of halogens is 2. The number of rotatable bonds is 7. The zero-order valence-electron chi connectivity index (χ0n) is 10.7. The van der Waals surface area contributed by atoms with Gasteiger partial charge in [-0.1, -0.05) is 0 Å². The number of hydrogen-bond donors (Lipinski definition) is 1. The molecule has 1 unspecified atom stereocenters. The zero-order chi connectivity index (χ0) is 14.7. The van der Waals surface area contributed by atoms with Crippen LogP contribution in [0.15, 0.2) is 17.4 Å². The molecular weight excluding hydrogens is 272 g/mol. The maximum Gasteiger partial charge on any atom is 0.307 e. The first-order valence-electron chi connectivity index (χ1n) is 6.24. The van der Waals surface area contributed by atoms with Crippen LogP contribution in [0.2, 0.25) is 0 Å². The molecule has 7 nitrogen and oxygen atoms in total. The summed E-state index contributed by atoms with van der Waals surface area (Å²) in [6, 6.07) is -0.956. The van der Waals surface area contributed by atoms with Crippen LogP contribution in [0.5, 0.6) is 0 Å². The second kappa shape index (κ2) is 5.93. The zero-order valence-corrected chi connectivity index (χ0v) is 10.7. The molecule has 0 radical (unpaired) electrons. The van der Waals surface area contributed by atoms with Crippen LogP contribution in [0, 0.1) is 16.0 Å². The maximum absolute atomic E-state index is 12.6. The Morgan fingerprint density at radius 1 is 1.65 bits per heavy atom. The van der Waals surface area contributed by atoms with Crippen LogP contribution in [0.25, 0.3) is 0 Å². The summed E-state index contributed by atoms with van der Waals surface area (Å²) in [4.78, 5) is 14.1. The Hall–Kier alpha value is -2.06. The summed E-state index contributed by atoms with van der Waals surface area (Å²) < 4.78 is 26.3. The molecule has 0 bridgehead atoms. The Bertz CT molecular complexity index is 513. The lowest BCUT2D eigenvalue weighted by Crippen LogP contribution is -2.29. The van der Waals surface area contributed by atoms with E-state index >= 15 is 0 Å². The predicted octanol–water partition coefficient (Wildman–Crippen LogP) is 1.75. The number of aliphatic imine (C=N–C) groups is 1. The van der Waals surface area contributed by atoms with Gasteiger partial charge in [0.25, 0.3) is 0 Å². The Morgan fingerprint density at radius 2 is 2.35 bits per heavy atom. The van der Waals surface area contributed by atoms with Crippen molar-refractivity contribution in [3.63, 3.8) is 0 Å². The molecule has 9 heteroatoms. The third kappa shape index (κ3) is 3.72. The number of aromatic nitrogens is 2. The molecule has 1 heterocycles. The monoisotopic (exact) mass is 287 g/mol. The minimum Gasteiger partial charge on any atom is -0.386 e. The molecule has 2 rings (SSSR count). The van der Waals surface area contributed by atoms with Gasteiger partial charge in [0, 0.05) is 13.0 Å². The van der Waals surface area contributed by atoms with E-state index in [0.717, 1.165) is 29.9 Å². The topological polar surface area (TPSA) is 99.3 Å². The van der Waals surface area contributed by atoms with Crippen molar-refractivity contribution in [3.8, 4) is 0 Å². The number of hydrogen-bond acceptors (Lipinski definition) is 4. The summed E-state index contributed by atoms with van der Waals surface area (Å²) in [5.74, 6) is 0.517. The molecule has 0 spiro atoms. The second-order valence-electron chi connectivity index (χ2n) is 4.79. The van der Waals surface area contributed by atoms with Gasteiger partial charge in [0.15, 0.2) is 0 Å². The fraction of sp³-hybridized carbons (Fsp3) is 0.636. The van der Waals surface area contributed by atoms with E-state index in [2.05, 4.69) is 10.1 Å². The fourth-order valence-corrected chi connectivity index (χ4v) is 1.77. The predicted molar refractivity (Wildman–Crippen MR) is 67.8 cm³/mol. The van der Waals surface area contributed by atoms with Crippen LogP contribution in [-0.4, -0.2) is 33.5 Å². The van der Waals surface area contributed by atoms with E-state index in [1.54, 1.807) is 0 Å². The molecule has 1 fully saturated rings. The molecule has 0 amide bonds. The molecule has 0 saturated heterocycles. The smallest absolute Gasteiger partial charge is 0.307 e. The van der Waals surface area contributed by atoms with Gasteiger partial charge in [-0.15, -0.1) is 0 Å². The molecular formula is C11H15F2N5O2. The molecule has 1 aromatic rings. The van der Waals surface area contributed by atoms with Crippen LogP contribution in [-0.2, 0) is 0 Å². The van der Waals surface area contributed by atoms with E-state index < -0.39 is 23.8 Å². The average Bonchev–Trinajstić information content (AvgIpc) is 3.07. The normalized spacial score (nSPS) is 17.4. The largest absolute Gasteiger partial charge is 0.386 e. The van der Waals surface area contributed by atoms with Crippen molar-refractivity contribution < 1.29 is 13.7 Å². The molecule has 1 aliphatic rings. The molecule has 1 atom stereocenters. The highest BCUT2D eigenvalue weighted by Gasteiger charge is 2.25. The summed E-state index contributed by atoms with van der Waals surface area (Å²) >= 11 is 0. The van der Waals surface area contributed by atoms with E-state index in [0.29, 0.717) is 12.5 Å². The first-order chi connectivity index (χ1) is 9.47. The SMILES string of the molecule is NC(=NCC1CC1)C(CC(F)F)n1cc([N+](=O)[O-])cn1. The molecule has 1 aromatic heterocycles. The van der Waals surface area contributed by atoms with Gasteiger partial charge in [-0.05, 0) is 18.8 Å². The number of nitrogens with zero attached hydrogens (tertiary/aromatic N) is 4. The van der Waals surface area contributed by atoms with Crippen molar-refractivity contribution in [1.82, 2.24) is 9.78 Å². The Kier molecular flexibility index (Phi) is 4.26. The lowest BCUT2D eigenvalue weighted by molar-refractivity contribution is -0.385. The van der Waals surface area contributed by atoms with Crippen LogP contribution in [0.4, 0.5) is 14.5 Å². The molecule has 1 saturated carbocycles.